The molecule has 0 amide bonds. The zero-order chi connectivity index (χ0) is 68.7. The first kappa shape index (κ1) is 48.1. The van der Waals surface area contributed by atoms with Crippen LogP contribution in [-0.4, -0.2) is 14.1 Å². The van der Waals surface area contributed by atoms with Gasteiger partial charge in [-0.25, -0.2) is 4.98 Å². The fourth-order valence-electron chi connectivity index (χ4n) is 11.1. The maximum absolute atomic E-state index is 9.74. The molecule has 0 bridgehead atoms. The molecule has 436 valence electrons. The molecule has 0 atom stereocenters. The topological polar surface area (TPSA) is 35.9 Å². The van der Waals surface area contributed by atoms with Crippen molar-refractivity contribution >= 4 is 32.8 Å². The second-order valence-electron chi connectivity index (χ2n) is 27.6. The van der Waals surface area contributed by atoms with E-state index in [0.717, 1.165) is 55.4 Å². The van der Waals surface area contributed by atoms with E-state index in [-0.39, 0.29) is 59.6 Å². The molecule has 0 aliphatic carbocycles. The SMILES string of the molecule is [2H]c1c([2H])c([2H])c(-c2cc(-c3cc(C(C)(C)C)cc(C(C)(C)C)c3)c(-[n+]3[c-]n(-c4[c-]c(Oc5[c-]c6c(cc5)c5ccccc5n6-c5cc(C(C)(C)C)ccn5)ccc4)c4cc(-c5cc(C(C)(C)C)cc(C(C)(C)C)c5)ccc43)c(-c3c([2H])c([2H])c([2H])c([2H])c3[2H])c2)c([2H])c1[2H].[Pt]. The van der Waals surface area contributed by atoms with Crippen molar-refractivity contribution < 1.29 is 44.1 Å². The first-order chi connectivity index (χ1) is 44.4. The number of para-hydroxylation sites is 1. The van der Waals surface area contributed by atoms with Gasteiger partial charge < -0.3 is 13.9 Å². The number of pyridine rings is 1. The molecule has 0 fully saturated rings. The molecule has 86 heavy (non-hydrogen) atoms. The quantitative estimate of drug-likeness (QED) is 0.107. The third kappa shape index (κ3) is 11.7. The summed E-state index contributed by atoms with van der Waals surface area (Å²) in [6.07, 6.45) is 5.61. The van der Waals surface area contributed by atoms with Gasteiger partial charge in [0.05, 0.1) is 30.4 Å². The average Bonchev–Trinajstić information content (AvgIpc) is 1.18. The van der Waals surface area contributed by atoms with Crippen molar-refractivity contribution in [2.45, 2.75) is 131 Å². The zero-order valence-corrected chi connectivity index (χ0v) is 54.1. The summed E-state index contributed by atoms with van der Waals surface area (Å²) in [5.74, 6) is 1.57. The van der Waals surface area contributed by atoms with Crippen molar-refractivity contribution in [1.82, 2.24) is 14.1 Å². The first-order valence-electron chi connectivity index (χ1n) is 34.2. The van der Waals surface area contributed by atoms with Crippen LogP contribution < -0.4 is 9.30 Å². The van der Waals surface area contributed by atoms with Crippen molar-refractivity contribution in [2.75, 3.05) is 0 Å². The fourth-order valence-corrected chi connectivity index (χ4v) is 11.1. The number of fused-ring (bicyclic) bond motifs is 4. The molecule has 0 N–H and O–H groups in total. The molecule has 12 rings (SSSR count). The molecule has 12 aromatic rings. The summed E-state index contributed by atoms with van der Waals surface area (Å²) in [6, 6.07) is 46.6. The molecule has 5 nitrogen and oxygen atoms in total. The van der Waals surface area contributed by atoms with E-state index in [4.69, 9.17) is 15.2 Å². The Morgan fingerprint density at radius 2 is 0.988 bits per heavy atom. The molecule has 3 aromatic heterocycles. The van der Waals surface area contributed by atoms with Crippen LogP contribution in [0.4, 0.5) is 0 Å². The summed E-state index contributed by atoms with van der Waals surface area (Å²) >= 11 is 0. The molecule has 0 saturated carbocycles. The largest absolute Gasteiger partial charge is 0.510 e. The van der Waals surface area contributed by atoms with Gasteiger partial charge in [0.25, 0.3) is 6.33 Å². The van der Waals surface area contributed by atoms with E-state index in [9.17, 15) is 8.22 Å². The van der Waals surface area contributed by atoms with Crippen LogP contribution in [0.25, 0.3) is 94.5 Å². The molecule has 9 aromatic carbocycles. The van der Waals surface area contributed by atoms with E-state index in [1.165, 1.54) is 11.1 Å². The van der Waals surface area contributed by atoms with Crippen molar-refractivity contribution in [2.24, 2.45) is 0 Å². The number of hydrogen-bond donors (Lipinski definition) is 0. The summed E-state index contributed by atoms with van der Waals surface area (Å²) in [7, 11) is 0. The van der Waals surface area contributed by atoms with Gasteiger partial charge in [-0.05, 0) is 147 Å². The average molecular weight is 1320 g/mol. The minimum atomic E-state index is -0.589. The Labute approximate surface area is 538 Å². The Morgan fingerprint density at radius 1 is 0.442 bits per heavy atom. The Morgan fingerprint density at radius 3 is 1.59 bits per heavy atom. The maximum Gasteiger partial charge on any atom is 0.268 e. The standard InChI is InChI=1S/C80H78N4O.Pt/c1-76(2,3)58-37-38-81-74(48-58)84-70-32-23-22-31-66(70)67-35-34-65(50-72(67)84)85-64-30-24-29-63(49-64)82-51-83(71-36-33-54(45-73(71)82)55-39-59(77(4,5)6)46-60(40-55)78(7,8)9)75-68(53-27-20-17-21-28-53)43-56(52-25-18-16-19-26-52)44-69(75)57-41-61(79(10,11)12)47-62(42-57)80(13,14)15;/h16-48H,1-15H3;/q-2;/i16D,17D,18D,19D,20D,21D,25D,26D,27D,28D;. The Balaban J connectivity index is 0.00000936. The van der Waals surface area contributed by atoms with Gasteiger partial charge in [0, 0.05) is 44.3 Å². The van der Waals surface area contributed by atoms with Crippen molar-refractivity contribution in [3.8, 4) is 73.2 Å². The van der Waals surface area contributed by atoms with Crippen LogP contribution >= 0.6 is 0 Å². The number of ether oxygens (including phenoxy) is 1. The Kier molecular flexibility index (Phi) is 12.5. The van der Waals surface area contributed by atoms with E-state index in [1.807, 2.05) is 63.9 Å². The normalized spacial score (nSPS) is 14.1. The molecular formula is C80H78N4OPt-2. The molecule has 0 aliphatic rings. The molecule has 6 heteroatoms. The van der Waals surface area contributed by atoms with Crippen LogP contribution in [-0.2, 0) is 48.1 Å². The Bertz CT molecular complexity index is 5020. The van der Waals surface area contributed by atoms with Gasteiger partial charge in [0.2, 0.25) is 0 Å². The van der Waals surface area contributed by atoms with Crippen LogP contribution in [0.1, 0.15) is 145 Å². The molecule has 0 unspecified atom stereocenters. The molecule has 0 saturated heterocycles. The van der Waals surface area contributed by atoms with Crippen LogP contribution in [0.15, 0.2) is 200 Å². The minimum Gasteiger partial charge on any atom is -0.510 e. The van der Waals surface area contributed by atoms with E-state index >= 15 is 0 Å². The second-order valence-corrected chi connectivity index (χ2v) is 27.6. The van der Waals surface area contributed by atoms with Crippen LogP contribution in [0.5, 0.6) is 11.5 Å². The number of imidazole rings is 1. The van der Waals surface area contributed by atoms with E-state index in [2.05, 4.69) is 200 Å². The van der Waals surface area contributed by atoms with Gasteiger partial charge in [0.1, 0.15) is 5.82 Å². The van der Waals surface area contributed by atoms with Gasteiger partial charge in [-0.3, -0.25) is 4.57 Å². The fraction of sp³-hybridized carbons (Fsp3) is 0.250. The van der Waals surface area contributed by atoms with E-state index in [0.29, 0.717) is 45.0 Å². The van der Waals surface area contributed by atoms with Gasteiger partial charge >= 0.3 is 0 Å². The van der Waals surface area contributed by atoms with E-state index < -0.39 is 71.3 Å². The van der Waals surface area contributed by atoms with Crippen molar-refractivity contribution in [3.05, 3.63) is 246 Å². The smallest absolute Gasteiger partial charge is 0.268 e. The predicted octanol–water partition coefficient (Wildman–Crippen LogP) is 20.7. The summed E-state index contributed by atoms with van der Waals surface area (Å²) in [5.41, 5.74) is 11.0. The number of nitrogens with zero attached hydrogens (tertiary/aromatic N) is 4. The third-order valence-corrected chi connectivity index (χ3v) is 16.1. The minimum absolute atomic E-state index is 0. The van der Waals surface area contributed by atoms with Crippen LogP contribution in [0.3, 0.4) is 0 Å². The summed E-state index contributed by atoms with van der Waals surface area (Å²) in [6.45, 7) is 32.6. The first-order valence-corrected chi connectivity index (χ1v) is 29.2. The summed E-state index contributed by atoms with van der Waals surface area (Å²) in [4.78, 5) is 4.89. The monoisotopic (exact) mass is 1320 g/mol. The van der Waals surface area contributed by atoms with Crippen molar-refractivity contribution in [1.29, 1.82) is 0 Å². The molecule has 0 spiro atoms. The van der Waals surface area contributed by atoms with Crippen molar-refractivity contribution in [3.63, 3.8) is 0 Å². The van der Waals surface area contributed by atoms with Crippen LogP contribution in [0, 0.1) is 18.5 Å². The van der Waals surface area contributed by atoms with Gasteiger partial charge in [-0.15, -0.1) is 29.7 Å². The van der Waals surface area contributed by atoms with E-state index in [1.54, 1.807) is 12.1 Å². The summed E-state index contributed by atoms with van der Waals surface area (Å²) in [5, 5.41) is 2.02. The Hall–Kier alpha value is -8.11. The molecule has 3 heterocycles. The number of benzene rings is 9. The van der Waals surface area contributed by atoms with Gasteiger partial charge in [0.15, 0.2) is 0 Å². The maximum atomic E-state index is 9.74. The third-order valence-electron chi connectivity index (χ3n) is 16.1. The van der Waals surface area contributed by atoms with Crippen LogP contribution in [0.2, 0.25) is 0 Å². The number of hydrogen-bond acceptors (Lipinski definition) is 2. The predicted molar refractivity (Wildman–Crippen MR) is 355 cm³/mol. The molecule has 0 radical (unpaired) electrons. The zero-order valence-electron chi connectivity index (χ0n) is 61.8. The molecular weight excluding hydrogens is 1230 g/mol. The van der Waals surface area contributed by atoms with Gasteiger partial charge in [-0.1, -0.05) is 237 Å². The summed E-state index contributed by atoms with van der Waals surface area (Å²) < 4.78 is 105. The number of rotatable bonds is 9. The second kappa shape index (κ2) is 22.3. The molecule has 0 aliphatic heterocycles. The number of aromatic nitrogens is 4. The van der Waals surface area contributed by atoms with Gasteiger partial charge in [-0.2, -0.15) is 18.2 Å².